The highest BCUT2D eigenvalue weighted by Crippen LogP contribution is 2.26. The first-order valence-corrected chi connectivity index (χ1v) is 4.79. The number of benzene rings is 1. The van der Waals surface area contributed by atoms with E-state index in [2.05, 4.69) is 33.9 Å². The van der Waals surface area contributed by atoms with Gasteiger partial charge in [-0.3, -0.25) is 0 Å². The Balaban J connectivity index is 2.94. The Bertz CT molecular complexity index is 466. The van der Waals surface area contributed by atoms with Gasteiger partial charge in [0.1, 0.15) is 10.4 Å². The van der Waals surface area contributed by atoms with Gasteiger partial charge >= 0.3 is 0 Å². The lowest BCUT2D eigenvalue weighted by Gasteiger charge is -2.04. The maximum atomic E-state index is 5.65. The number of rotatable bonds is 0. The van der Waals surface area contributed by atoms with E-state index < -0.39 is 0 Å². The number of nitrogens with zero attached hydrogens (tertiary/aromatic N) is 1. The molecule has 0 spiro atoms. The Morgan fingerprint density at radius 2 is 2.08 bits per heavy atom. The summed E-state index contributed by atoms with van der Waals surface area (Å²) in [6, 6.07) is 8.00. The number of aryl methyl sites for hydroxylation is 1. The summed E-state index contributed by atoms with van der Waals surface area (Å²) >= 11 is 3.39. The molecule has 3 heteroatoms. The Morgan fingerprint density at radius 1 is 1.31 bits per heavy atom. The number of aromatic nitrogens is 1. The lowest BCUT2D eigenvalue weighted by Crippen LogP contribution is -1.91. The van der Waals surface area contributed by atoms with E-state index in [0.29, 0.717) is 5.82 Å². The number of halogens is 1. The van der Waals surface area contributed by atoms with Gasteiger partial charge in [0.2, 0.25) is 0 Å². The van der Waals surface area contributed by atoms with Crippen molar-refractivity contribution in [3.05, 3.63) is 34.4 Å². The molecule has 0 saturated carbocycles. The third-order valence-electron chi connectivity index (χ3n) is 2.07. The van der Waals surface area contributed by atoms with Crippen LogP contribution in [-0.2, 0) is 0 Å². The zero-order valence-electron chi connectivity index (χ0n) is 7.21. The summed E-state index contributed by atoms with van der Waals surface area (Å²) in [5.41, 5.74) is 6.87. The smallest absolute Gasteiger partial charge is 0.125 e. The first-order chi connectivity index (χ1) is 6.18. The molecule has 0 unspecified atom stereocenters. The normalized spacial score (nSPS) is 10.6. The van der Waals surface area contributed by atoms with Gasteiger partial charge in [-0.2, -0.15) is 0 Å². The fraction of sp³-hybridized carbons (Fsp3) is 0.100. The molecule has 2 nitrogen and oxygen atoms in total. The van der Waals surface area contributed by atoms with Crippen LogP contribution in [0.25, 0.3) is 10.8 Å². The zero-order chi connectivity index (χ0) is 9.42. The predicted molar refractivity (Wildman–Crippen MR) is 58.6 cm³/mol. The summed E-state index contributed by atoms with van der Waals surface area (Å²) in [6.07, 6.45) is 0. The van der Waals surface area contributed by atoms with Crippen LogP contribution in [0.15, 0.2) is 28.9 Å². The molecule has 2 N–H and O–H groups in total. The molecule has 0 aliphatic rings. The average Bonchev–Trinajstić information content (AvgIpc) is 2.07. The minimum atomic E-state index is 0.550. The molecule has 1 aromatic heterocycles. The summed E-state index contributed by atoms with van der Waals surface area (Å²) in [5.74, 6) is 0.550. The van der Waals surface area contributed by atoms with Crippen molar-refractivity contribution in [3.63, 3.8) is 0 Å². The predicted octanol–water partition coefficient (Wildman–Crippen LogP) is 2.89. The van der Waals surface area contributed by atoms with Gasteiger partial charge in [-0.25, -0.2) is 4.98 Å². The average molecular weight is 237 g/mol. The Hall–Kier alpha value is -1.09. The van der Waals surface area contributed by atoms with Crippen LogP contribution in [0.2, 0.25) is 0 Å². The van der Waals surface area contributed by atoms with Crippen LogP contribution in [0.5, 0.6) is 0 Å². The Kier molecular flexibility index (Phi) is 1.96. The van der Waals surface area contributed by atoms with Crippen molar-refractivity contribution in [2.75, 3.05) is 5.73 Å². The summed E-state index contributed by atoms with van der Waals surface area (Å²) in [5, 5.41) is 2.26. The highest BCUT2D eigenvalue weighted by molar-refractivity contribution is 9.10. The van der Waals surface area contributed by atoms with Crippen molar-refractivity contribution in [2.45, 2.75) is 6.92 Å². The number of hydrogen-bond acceptors (Lipinski definition) is 2. The molecule has 0 aliphatic carbocycles. The van der Waals surface area contributed by atoms with Crippen LogP contribution >= 0.6 is 15.9 Å². The highest BCUT2D eigenvalue weighted by Gasteiger charge is 2.02. The molecule has 0 radical (unpaired) electrons. The Labute approximate surface area is 84.9 Å². The van der Waals surface area contributed by atoms with Crippen molar-refractivity contribution in [3.8, 4) is 0 Å². The number of nitrogen functional groups attached to an aromatic ring is 1. The van der Waals surface area contributed by atoms with Crippen molar-refractivity contribution < 1.29 is 0 Å². The summed E-state index contributed by atoms with van der Waals surface area (Å²) in [6.45, 7) is 2.06. The molecule has 0 saturated heterocycles. The van der Waals surface area contributed by atoms with E-state index >= 15 is 0 Å². The van der Waals surface area contributed by atoms with Crippen LogP contribution in [0, 0.1) is 6.92 Å². The van der Waals surface area contributed by atoms with Gasteiger partial charge in [0.25, 0.3) is 0 Å². The van der Waals surface area contributed by atoms with Gasteiger partial charge in [0, 0.05) is 5.39 Å². The maximum absolute atomic E-state index is 5.65. The number of anilines is 1. The van der Waals surface area contributed by atoms with Crippen LogP contribution in [-0.4, -0.2) is 4.98 Å². The second-order valence-electron chi connectivity index (χ2n) is 3.01. The number of pyridine rings is 1. The van der Waals surface area contributed by atoms with Gasteiger partial charge in [0.05, 0.1) is 0 Å². The topological polar surface area (TPSA) is 38.9 Å². The second-order valence-corrected chi connectivity index (χ2v) is 3.76. The number of hydrogen-bond donors (Lipinski definition) is 1. The van der Waals surface area contributed by atoms with Gasteiger partial charge in [-0.15, -0.1) is 0 Å². The van der Waals surface area contributed by atoms with E-state index in [1.165, 1.54) is 5.56 Å². The fourth-order valence-electron chi connectivity index (χ4n) is 1.41. The third kappa shape index (κ3) is 1.40. The molecule has 0 aliphatic heterocycles. The van der Waals surface area contributed by atoms with E-state index in [1.54, 1.807) is 0 Å². The summed E-state index contributed by atoms with van der Waals surface area (Å²) in [4.78, 5) is 4.14. The molecular weight excluding hydrogens is 228 g/mol. The van der Waals surface area contributed by atoms with Crippen LogP contribution in [0.3, 0.4) is 0 Å². The number of fused-ring (bicyclic) bond motifs is 1. The van der Waals surface area contributed by atoms with Gasteiger partial charge in [0.15, 0.2) is 0 Å². The molecular formula is C10H9BrN2. The third-order valence-corrected chi connectivity index (χ3v) is 2.67. The Morgan fingerprint density at radius 3 is 2.85 bits per heavy atom. The minimum Gasteiger partial charge on any atom is -0.384 e. The minimum absolute atomic E-state index is 0.550. The standard InChI is InChI=1S/C10H9BrN2/c1-6-3-2-4-7-8(6)5-9(12)13-10(7)11/h2-5H,1H3,(H2,12,13). The SMILES string of the molecule is Cc1cccc2c(Br)nc(N)cc12. The molecule has 2 aromatic rings. The first kappa shape index (κ1) is 8.51. The molecule has 0 fully saturated rings. The molecule has 1 aromatic carbocycles. The lowest BCUT2D eigenvalue weighted by molar-refractivity contribution is 1.32. The van der Waals surface area contributed by atoms with E-state index in [1.807, 2.05) is 18.2 Å². The second kappa shape index (κ2) is 3.00. The monoisotopic (exact) mass is 236 g/mol. The van der Waals surface area contributed by atoms with Crippen LogP contribution < -0.4 is 5.73 Å². The van der Waals surface area contributed by atoms with Gasteiger partial charge < -0.3 is 5.73 Å². The van der Waals surface area contributed by atoms with Crippen LogP contribution in [0.1, 0.15) is 5.56 Å². The summed E-state index contributed by atoms with van der Waals surface area (Å²) in [7, 11) is 0. The molecule has 66 valence electrons. The van der Waals surface area contributed by atoms with Crippen molar-refractivity contribution in [1.29, 1.82) is 0 Å². The molecule has 0 bridgehead atoms. The zero-order valence-corrected chi connectivity index (χ0v) is 8.80. The number of nitrogens with two attached hydrogens (primary N) is 1. The largest absolute Gasteiger partial charge is 0.384 e. The van der Waals surface area contributed by atoms with E-state index in [0.717, 1.165) is 15.4 Å². The molecule has 13 heavy (non-hydrogen) atoms. The van der Waals surface area contributed by atoms with Gasteiger partial charge in [-0.1, -0.05) is 18.2 Å². The lowest BCUT2D eigenvalue weighted by atomic mass is 10.1. The molecule has 0 atom stereocenters. The van der Waals surface area contributed by atoms with Crippen molar-refractivity contribution in [1.82, 2.24) is 4.98 Å². The van der Waals surface area contributed by atoms with Crippen molar-refractivity contribution in [2.24, 2.45) is 0 Å². The molecule has 1 heterocycles. The maximum Gasteiger partial charge on any atom is 0.125 e. The van der Waals surface area contributed by atoms with E-state index in [-0.39, 0.29) is 0 Å². The molecule has 0 amide bonds. The van der Waals surface area contributed by atoms with Gasteiger partial charge in [-0.05, 0) is 39.9 Å². The highest BCUT2D eigenvalue weighted by atomic mass is 79.9. The van der Waals surface area contributed by atoms with Crippen LogP contribution in [0.4, 0.5) is 5.82 Å². The fourth-order valence-corrected chi connectivity index (χ4v) is 1.96. The first-order valence-electron chi connectivity index (χ1n) is 4.00. The van der Waals surface area contributed by atoms with E-state index in [4.69, 9.17) is 5.73 Å². The van der Waals surface area contributed by atoms with E-state index in [9.17, 15) is 0 Å². The summed E-state index contributed by atoms with van der Waals surface area (Å²) < 4.78 is 0.811. The quantitative estimate of drug-likeness (QED) is 0.715. The molecule has 2 rings (SSSR count). The van der Waals surface area contributed by atoms with Crippen molar-refractivity contribution >= 4 is 32.5 Å².